The molecule has 0 radical (unpaired) electrons. The maximum atomic E-state index is 2.66. The van der Waals surface area contributed by atoms with E-state index in [1.807, 2.05) is 0 Å². The highest BCUT2D eigenvalue weighted by atomic mass is 15.2. The zero-order valence-electron chi connectivity index (χ0n) is 9.34. The summed E-state index contributed by atoms with van der Waals surface area (Å²) in [4.78, 5) is 2.66. The molecule has 0 aromatic carbocycles. The van der Waals surface area contributed by atoms with Crippen molar-refractivity contribution in [1.29, 1.82) is 0 Å². The Morgan fingerprint density at radius 3 is 2.46 bits per heavy atom. The van der Waals surface area contributed by atoms with Crippen LogP contribution in [0.25, 0.3) is 0 Å². The van der Waals surface area contributed by atoms with E-state index in [2.05, 4.69) is 25.8 Å². The highest BCUT2D eigenvalue weighted by Crippen LogP contribution is 2.46. The lowest BCUT2D eigenvalue weighted by molar-refractivity contribution is -0.00584. The van der Waals surface area contributed by atoms with E-state index < -0.39 is 0 Å². The molecule has 2 rings (SSSR count). The van der Waals surface area contributed by atoms with Crippen LogP contribution in [-0.4, -0.2) is 24.0 Å². The average molecular weight is 181 g/mol. The molecule has 0 aromatic heterocycles. The molecule has 1 nitrogen and oxygen atoms in total. The van der Waals surface area contributed by atoms with Crippen LogP contribution >= 0.6 is 0 Å². The molecule has 0 N–H and O–H groups in total. The SMILES string of the molecule is CC1CCCC2(CC(C)C2)N(C)C1. The van der Waals surface area contributed by atoms with Gasteiger partial charge in [0.25, 0.3) is 0 Å². The summed E-state index contributed by atoms with van der Waals surface area (Å²) in [5.41, 5.74) is 0.629. The highest BCUT2D eigenvalue weighted by Gasteiger charge is 2.45. The fourth-order valence-electron chi connectivity index (χ4n) is 3.48. The van der Waals surface area contributed by atoms with Crippen LogP contribution in [0.15, 0.2) is 0 Å². The van der Waals surface area contributed by atoms with Crippen molar-refractivity contribution in [1.82, 2.24) is 4.90 Å². The number of hydrogen-bond donors (Lipinski definition) is 0. The smallest absolute Gasteiger partial charge is 0.0211 e. The third-order valence-corrected chi connectivity index (χ3v) is 4.19. The van der Waals surface area contributed by atoms with E-state index in [0.717, 1.165) is 11.8 Å². The molecule has 2 fully saturated rings. The third-order valence-electron chi connectivity index (χ3n) is 4.19. The maximum absolute atomic E-state index is 2.66. The lowest BCUT2D eigenvalue weighted by atomic mass is 9.66. The Morgan fingerprint density at radius 1 is 1.15 bits per heavy atom. The van der Waals surface area contributed by atoms with Crippen LogP contribution < -0.4 is 0 Å². The Kier molecular flexibility index (Phi) is 2.39. The van der Waals surface area contributed by atoms with Crippen molar-refractivity contribution < 1.29 is 0 Å². The molecule has 1 atom stereocenters. The van der Waals surface area contributed by atoms with E-state index >= 15 is 0 Å². The van der Waals surface area contributed by atoms with Gasteiger partial charge in [-0.25, -0.2) is 0 Å². The zero-order chi connectivity index (χ0) is 9.47. The first-order valence-electron chi connectivity index (χ1n) is 5.84. The van der Waals surface area contributed by atoms with Crippen LogP contribution in [0.5, 0.6) is 0 Å². The van der Waals surface area contributed by atoms with E-state index in [1.165, 1.54) is 38.6 Å². The fourth-order valence-corrected chi connectivity index (χ4v) is 3.48. The van der Waals surface area contributed by atoms with Gasteiger partial charge in [-0.05, 0) is 44.6 Å². The molecule has 0 aromatic rings. The molecule has 1 unspecified atom stereocenters. The quantitative estimate of drug-likeness (QED) is 0.555. The first-order valence-corrected chi connectivity index (χ1v) is 5.84. The molecule has 1 aliphatic carbocycles. The van der Waals surface area contributed by atoms with Gasteiger partial charge >= 0.3 is 0 Å². The lowest BCUT2D eigenvalue weighted by Crippen LogP contribution is -2.55. The van der Waals surface area contributed by atoms with Crippen molar-refractivity contribution >= 4 is 0 Å². The molecular weight excluding hydrogens is 158 g/mol. The van der Waals surface area contributed by atoms with Crippen molar-refractivity contribution in [3.63, 3.8) is 0 Å². The van der Waals surface area contributed by atoms with Crippen LogP contribution in [0.4, 0.5) is 0 Å². The normalized spacial score (nSPS) is 47.3. The summed E-state index contributed by atoms with van der Waals surface area (Å²) in [6.07, 6.45) is 7.27. The van der Waals surface area contributed by atoms with Gasteiger partial charge in [0.05, 0.1) is 0 Å². The van der Waals surface area contributed by atoms with Crippen LogP contribution in [-0.2, 0) is 0 Å². The molecular formula is C12H23N. The van der Waals surface area contributed by atoms with Gasteiger partial charge in [0.15, 0.2) is 0 Å². The van der Waals surface area contributed by atoms with Gasteiger partial charge in [-0.3, -0.25) is 0 Å². The molecule has 13 heavy (non-hydrogen) atoms. The molecule has 1 heteroatoms. The van der Waals surface area contributed by atoms with Gasteiger partial charge < -0.3 is 4.90 Å². The van der Waals surface area contributed by atoms with Crippen LogP contribution in [0, 0.1) is 11.8 Å². The maximum Gasteiger partial charge on any atom is 0.0211 e. The molecule has 2 aliphatic rings. The second-order valence-corrected chi connectivity index (χ2v) is 5.62. The lowest BCUT2D eigenvalue weighted by Gasteiger charge is -2.52. The number of nitrogens with zero attached hydrogens (tertiary/aromatic N) is 1. The molecule has 1 heterocycles. The van der Waals surface area contributed by atoms with Crippen LogP contribution in [0.1, 0.15) is 46.0 Å². The van der Waals surface area contributed by atoms with E-state index in [4.69, 9.17) is 0 Å². The first kappa shape index (κ1) is 9.51. The van der Waals surface area contributed by atoms with Crippen molar-refractivity contribution in [2.75, 3.05) is 13.6 Å². The first-order chi connectivity index (χ1) is 6.12. The Hall–Kier alpha value is -0.0400. The minimum atomic E-state index is 0.629. The summed E-state index contributed by atoms with van der Waals surface area (Å²) >= 11 is 0. The van der Waals surface area contributed by atoms with Crippen molar-refractivity contribution in [3.8, 4) is 0 Å². The Balaban J connectivity index is 2.02. The number of likely N-dealkylation sites (tertiary alicyclic amines) is 1. The molecule has 1 spiro atoms. The summed E-state index contributed by atoms with van der Waals surface area (Å²) in [5, 5.41) is 0. The standard InChI is InChI=1S/C12H23N/c1-10-5-4-6-12(13(3)9-10)7-11(2)8-12/h10-11H,4-9H2,1-3H3. The average Bonchev–Trinajstić information content (AvgIpc) is 2.11. The van der Waals surface area contributed by atoms with Crippen LogP contribution in [0.2, 0.25) is 0 Å². The van der Waals surface area contributed by atoms with E-state index in [-0.39, 0.29) is 0 Å². The Bertz CT molecular complexity index is 182. The van der Waals surface area contributed by atoms with Crippen LogP contribution in [0.3, 0.4) is 0 Å². The predicted molar refractivity (Wildman–Crippen MR) is 56.8 cm³/mol. The monoisotopic (exact) mass is 181 g/mol. The minimum absolute atomic E-state index is 0.629. The molecule has 1 saturated carbocycles. The highest BCUT2D eigenvalue weighted by molar-refractivity contribution is 5.01. The van der Waals surface area contributed by atoms with Gasteiger partial charge in [0.1, 0.15) is 0 Å². The predicted octanol–water partition coefficient (Wildman–Crippen LogP) is 2.91. The minimum Gasteiger partial charge on any atom is -0.300 e. The molecule has 0 amide bonds. The second-order valence-electron chi connectivity index (χ2n) is 5.62. The molecule has 1 aliphatic heterocycles. The summed E-state index contributed by atoms with van der Waals surface area (Å²) in [6, 6.07) is 0. The molecule has 76 valence electrons. The van der Waals surface area contributed by atoms with Crippen molar-refractivity contribution in [2.45, 2.75) is 51.5 Å². The largest absolute Gasteiger partial charge is 0.300 e. The summed E-state index contributed by atoms with van der Waals surface area (Å²) < 4.78 is 0. The van der Waals surface area contributed by atoms with Gasteiger partial charge in [0.2, 0.25) is 0 Å². The summed E-state index contributed by atoms with van der Waals surface area (Å²) in [7, 11) is 2.34. The van der Waals surface area contributed by atoms with E-state index in [0.29, 0.717) is 5.54 Å². The van der Waals surface area contributed by atoms with Gasteiger partial charge in [0, 0.05) is 12.1 Å². The topological polar surface area (TPSA) is 3.24 Å². The number of hydrogen-bond acceptors (Lipinski definition) is 1. The zero-order valence-corrected chi connectivity index (χ0v) is 9.34. The second kappa shape index (κ2) is 3.27. The Morgan fingerprint density at radius 2 is 1.85 bits per heavy atom. The third kappa shape index (κ3) is 1.63. The van der Waals surface area contributed by atoms with Gasteiger partial charge in [-0.15, -0.1) is 0 Å². The van der Waals surface area contributed by atoms with E-state index in [1.54, 1.807) is 0 Å². The molecule has 1 saturated heterocycles. The Labute approximate surface area is 82.5 Å². The fraction of sp³-hybridized carbons (Fsp3) is 1.00. The molecule has 0 bridgehead atoms. The summed E-state index contributed by atoms with van der Waals surface area (Å²) in [5.74, 6) is 1.90. The van der Waals surface area contributed by atoms with Crippen molar-refractivity contribution in [3.05, 3.63) is 0 Å². The number of rotatable bonds is 0. The summed E-state index contributed by atoms with van der Waals surface area (Å²) in [6.45, 7) is 6.12. The van der Waals surface area contributed by atoms with Crippen molar-refractivity contribution in [2.24, 2.45) is 11.8 Å². The van der Waals surface area contributed by atoms with E-state index in [9.17, 15) is 0 Å². The van der Waals surface area contributed by atoms with Gasteiger partial charge in [-0.2, -0.15) is 0 Å². The van der Waals surface area contributed by atoms with Gasteiger partial charge in [-0.1, -0.05) is 20.3 Å².